The number of H-pyrrole nitrogens is 1. The highest BCUT2D eigenvalue weighted by atomic mass is 19.4. The first kappa shape index (κ1) is 17.6. The second-order valence-corrected chi connectivity index (χ2v) is 6.92. The lowest BCUT2D eigenvalue weighted by Crippen LogP contribution is -2.41. The molecule has 142 valence electrons. The predicted octanol–water partition coefficient (Wildman–Crippen LogP) is 3.81. The molecule has 1 fully saturated rings. The van der Waals surface area contributed by atoms with Gasteiger partial charge in [-0.15, -0.1) is 13.2 Å². The number of hydrogen-bond acceptors (Lipinski definition) is 5. The topological polar surface area (TPSA) is 66.9 Å². The fourth-order valence-corrected chi connectivity index (χ4v) is 3.55. The van der Waals surface area contributed by atoms with Gasteiger partial charge in [-0.05, 0) is 36.0 Å². The number of ether oxygens (including phenoxy) is 1. The van der Waals surface area contributed by atoms with E-state index in [1.165, 1.54) is 18.5 Å². The molecule has 0 unspecified atom stereocenters. The molecule has 0 saturated carbocycles. The third kappa shape index (κ3) is 3.54. The summed E-state index contributed by atoms with van der Waals surface area (Å²) >= 11 is 0. The van der Waals surface area contributed by atoms with Crippen LogP contribution in [0.25, 0.3) is 11.2 Å². The van der Waals surface area contributed by atoms with Crippen LogP contribution in [0.2, 0.25) is 0 Å². The molecule has 3 aromatic rings. The summed E-state index contributed by atoms with van der Waals surface area (Å²) in [6, 6.07) is 6.18. The molecule has 0 amide bonds. The Balaban J connectivity index is 1.48. The van der Waals surface area contributed by atoms with E-state index in [9.17, 15) is 13.2 Å². The van der Waals surface area contributed by atoms with Gasteiger partial charge in [-0.2, -0.15) is 0 Å². The molecule has 27 heavy (non-hydrogen) atoms. The smallest absolute Gasteiger partial charge is 0.406 e. The summed E-state index contributed by atoms with van der Waals surface area (Å²) < 4.78 is 40.9. The van der Waals surface area contributed by atoms with E-state index in [1.807, 2.05) is 0 Å². The van der Waals surface area contributed by atoms with Gasteiger partial charge in [0.2, 0.25) is 0 Å². The Hall–Kier alpha value is -2.84. The van der Waals surface area contributed by atoms with Crippen molar-refractivity contribution in [1.82, 2.24) is 19.9 Å². The van der Waals surface area contributed by atoms with E-state index in [0.717, 1.165) is 42.8 Å². The van der Waals surface area contributed by atoms with Gasteiger partial charge in [0.05, 0.1) is 6.33 Å². The number of nitrogens with zero attached hydrogens (tertiary/aromatic N) is 4. The van der Waals surface area contributed by atoms with Crippen molar-refractivity contribution < 1.29 is 17.9 Å². The number of nitrogens with one attached hydrogen (secondary N) is 1. The van der Waals surface area contributed by atoms with E-state index in [0.29, 0.717) is 5.65 Å². The van der Waals surface area contributed by atoms with Crippen LogP contribution >= 0.6 is 0 Å². The number of rotatable bonds is 3. The fourth-order valence-electron chi connectivity index (χ4n) is 3.55. The summed E-state index contributed by atoms with van der Waals surface area (Å²) in [5.74, 6) is 0.628. The van der Waals surface area contributed by atoms with Crippen LogP contribution in [0.3, 0.4) is 0 Å². The van der Waals surface area contributed by atoms with Gasteiger partial charge in [0.15, 0.2) is 11.5 Å². The van der Waals surface area contributed by atoms with E-state index >= 15 is 0 Å². The molecule has 9 heteroatoms. The molecule has 0 radical (unpaired) electrons. The average Bonchev–Trinajstić information content (AvgIpc) is 3.10. The van der Waals surface area contributed by atoms with Crippen LogP contribution in [-0.4, -0.2) is 39.4 Å². The number of benzene rings is 1. The first-order valence-electron chi connectivity index (χ1n) is 8.59. The van der Waals surface area contributed by atoms with Crippen LogP contribution in [-0.2, 0) is 5.41 Å². The Kier molecular flexibility index (Phi) is 4.16. The minimum absolute atomic E-state index is 0.118. The second kappa shape index (κ2) is 6.40. The summed E-state index contributed by atoms with van der Waals surface area (Å²) in [5.41, 5.74) is 2.34. The molecule has 1 N–H and O–H groups in total. The highest BCUT2D eigenvalue weighted by molar-refractivity contribution is 5.82. The predicted molar refractivity (Wildman–Crippen MR) is 93.6 cm³/mol. The zero-order valence-electron chi connectivity index (χ0n) is 14.6. The standard InChI is InChI=1S/C18H18F3N5O/c1-17(12-2-4-13(5-3-12)27-18(19,20)21)6-8-26(9-7-17)16-14-15(23-10-22-14)24-11-25-16/h2-5,10-11H,6-9H2,1H3,(H,22,23,24,25). The maximum atomic E-state index is 12.3. The number of anilines is 1. The molecule has 1 aliphatic rings. The van der Waals surface area contributed by atoms with E-state index in [2.05, 4.69) is 36.5 Å². The number of imidazole rings is 1. The Labute approximate surface area is 153 Å². The zero-order chi connectivity index (χ0) is 19.1. The Morgan fingerprint density at radius 1 is 1.07 bits per heavy atom. The summed E-state index contributed by atoms with van der Waals surface area (Å²) in [4.78, 5) is 17.9. The molecular formula is C18H18F3N5O. The van der Waals surface area contributed by atoms with Gasteiger partial charge in [0.1, 0.15) is 17.6 Å². The quantitative estimate of drug-likeness (QED) is 0.752. The van der Waals surface area contributed by atoms with Crippen molar-refractivity contribution in [2.45, 2.75) is 31.5 Å². The van der Waals surface area contributed by atoms with E-state index in [-0.39, 0.29) is 11.2 Å². The van der Waals surface area contributed by atoms with Crippen molar-refractivity contribution in [3.8, 4) is 5.75 Å². The maximum absolute atomic E-state index is 12.3. The highest BCUT2D eigenvalue weighted by Crippen LogP contribution is 2.37. The zero-order valence-corrected chi connectivity index (χ0v) is 14.6. The van der Waals surface area contributed by atoms with Crippen molar-refractivity contribution in [3.63, 3.8) is 0 Å². The number of halogens is 3. The first-order valence-corrected chi connectivity index (χ1v) is 8.59. The minimum Gasteiger partial charge on any atom is -0.406 e. The molecule has 4 rings (SSSR count). The molecule has 1 aliphatic heterocycles. The number of hydrogen-bond donors (Lipinski definition) is 1. The van der Waals surface area contributed by atoms with Gasteiger partial charge in [-0.25, -0.2) is 15.0 Å². The molecule has 0 spiro atoms. The van der Waals surface area contributed by atoms with Crippen LogP contribution in [0, 0.1) is 0 Å². The number of alkyl halides is 3. The summed E-state index contributed by atoms with van der Waals surface area (Å²) in [5, 5.41) is 0. The fraction of sp³-hybridized carbons (Fsp3) is 0.389. The van der Waals surface area contributed by atoms with Crippen LogP contribution in [0.4, 0.5) is 19.0 Å². The van der Waals surface area contributed by atoms with E-state index in [1.54, 1.807) is 18.5 Å². The van der Waals surface area contributed by atoms with Gasteiger partial charge in [0, 0.05) is 13.1 Å². The molecular weight excluding hydrogens is 359 g/mol. The molecule has 3 heterocycles. The lowest BCUT2D eigenvalue weighted by atomic mass is 9.74. The summed E-state index contributed by atoms with van der Waals surface area (Å²) in [6.45, 7) is 3.70. The van der Waals surface area contributed by atoms with Crippen molar-refractivity contribution in [2.24, 2.45) is 0 Å². The number of aromatic amines is 1. The molecule has 0 atom stereocenters. The van der Waals surface area contributed by atoms with Gasteiger partial charge in [0.25, 0.3) is 0 Å². The third-order valence-electron chi connectivity index (χ3n) is 5.15. The third-order valence-corrected chi connectivity index (χ3v) is 5.15. The SMILES string of the molecule is CC1(c2ccc(OC(F)(F)F)cc2)CCN(c2ncnc3nc[nH]c23)CC1. The number of fused-ring (bicyclic) bond motifs is 1. The second-order valence-electron chi connectivity index (χ2n) is 6.92. The Morgan fingerprint density at radius 2 is 1.78 bits per heavy atom. The van der Waals surface area contributed by atoms with Crippen LogP contribution < -0.4 is 9.64 Å². The van der Waals surface area contributed by atoms with Crippen LogP contribution in [0.5, 0.6) is 5.75 Å². The van der Waals surface area contributed by atoms with E-state index in [4.69, 9.17) is 0 Å². The average molecular weight is 377 g/mol. The summed E-state index contributed by atoms with van der Waals surface area (Å²) in [7, 11) is 0. The lowest BCUT2D eigenvalue weighted by Gasteiger charge is -2.40. The molecule has 0 aliphatic carbocycles. The molecule has 1 aromatic carbocycles. The van der Waals surface area contributed by atoms with Gasteiger partial charge in [-0.3, -0.25) is 0 Å². The van der Waals surface area contributed by atoms with Crippen molar-refractivity contribution in [2.75, 3.05) is 18.0 Å². The molecule has 1 saturated heterocycles. The van der Waals surface area contributed by atoms with E-state index < -0.39 is 6.36 Å². The minimum atomic E-state index is -4.67. The monoisotopic (exact) mass is 377 g/mol. The number of aromatic nitrogens is 4. The van der Waals surface area contributed by atoms with Crippen LogP contribution in [0.15, 0.2) is 36.9 Å². The molecule has 2 aromatic heterocycles. The van der Waals surface area contributed by atoms with Gasteiger partial charge in [-0.1, -0.05) is 19.1 Å². The molecule has 0 bridgehead atoms. The van der Waals surface area contributed by atoms with Crippen molar-refractivity contribution >= 4 is 17.0 Å². The highest BCUT2D eigenvalue weighted by Gasteiger charge is 2.34. The maximum Gasteiger partial charge on any atom is 0.573 e. The lowest BCUT2D eigenvalue weighted by molar-refractivity contribution is -0.274. The van der Waals surface area contributed by atoms with Crippen molar-refractivity contribution in [3.05, 3.63) is 42.5 Å². The first-order chi connectivity index (χ1) is 12.8. The Bertz CT molecular complexity index is 930. The van der Waals surface area contributed by atoms with Gasteiger partial charge < -0.3 is 14.6 Å². The van der Waals surface area contributed by atoms with Crippen molar-refractivity contribution in [1.29, 1.82) is 0 Å². The summed E-state index contributed by atoms with van der Waals surface area (Å²) in [6.07, 6.45) is 0.137. The largest absolute Gasteiger partial charge is 0.573 e. The van der Waals surface area contributed by atoms with Gasteiger partial charge >= 0.3 is 6.36 Å². The Morgan fingerprint density at radius 3 is 2.44 bits per heavy atom. The van der Waals surface area contributed by atoms with Crippen LogP contribution in [0.1, 0.15) is 25.3 Å². The molecule has 6 nitrogen and oxygen atoms in total. The normalized spacial score (nSPS) is 17.3. The number of piperidine rings is 1.